The molecular formula is C31H35NO2. The summed E-state index contributed by atoms with van der Waals surface area (Å²) in [6.07, 6.45) is 3.03. The summed E-state index contributed by atoms with van der Waals surface area (Å²) in [7, 11) is 0. The SMILES string of the molecule is CC1CCC(C(C)(C)c2ccccc2)C(OC(=O)CN=C(c2ccccc2)c2ccccc2)C1. The second-order valence-electron chi connectivity index (χ2n) is 10.0. The molecule has 0 aliphatic heterocycles. The zero-order valence-corrected chi connectivity index (χ0v) is 20.5. The van der Waals surface area contributed by atoms with E-state index in [0.29, 0.717) is 5.92 Å². The van der Waals surface area contributed by atoms with E-state index < -0.39 is 0 Å². The van der Waals surface area contributed by atoms with Gasteiger partial charge >= 0.3 is 5.97 Å². The molecule has 3 atom stereocenters. The van der Waals surface area contributed by atoms with Gasteiger partial charge < -0.3 is 4.74 Å². The summed E-state index contributed by atoms with van der Waals surface area (Å²) in [5.41, 5.74) is 4.03. The van der Waals surface area contributed by atoms with Gasteiger partial charge in [0.1, 0.15) is 12.6 Å². The molecule has 3 aromatic rings. The minimum Gasteiger partial charge on any atom is -0.461 e. The molecule has 0 aromatic heterocycles. The predicted octanol–water partition coefficient (Wildman–Crippen LogP) is 6.85. The molecule has 3 nitrogen and oxygen atoms in total. The number of nitrogens with zero attached hydrogens (tertiary/aromatic N) is 1. The Bertz CT molecular complexity index is 1050. The molecule has 0 spiro atoms. The molecule has 3 heteroatoms. The fraction of sp³-hybridized carbons (Fsp3) is 0.355. The van der Waals surface area contributed by atoms with Crippen LogP contribution < -0.4 is 0 Å². The zero-order valence-electron chi connectivity index (χ0n) is 20.5. The average Bonchev–Trinajstić information content (AvgIpc) is 2.86. The lowest BCUT2D eigenvalue weighted by atomic mass is 9.64. The van der Waals surface area contributed by atoms with Gasteiger partial charge in [-0.25, -0.2) is 0 Å². The van der Waals surface area contributed by atoms with Crippen LogP contribution in [0.4, 0.5) is 0 Å². The van der Waals surface area contributed by atoms with Gasteiger partial charge in [0, 0.05) is 17.0 Å². The maximum Gasteiger partial charge on any atom is 0.327 e. The first kappa shape index (κ1) is 23.9. The minimum atomic E-state index is -0.252. The molecule has 1 fully saturated rings. The fourth-order valence-electron chi connectivity index (χ4n) is 5.26. The lowest BCUT2D eigenvalue weighted by molar-refractivity contribution is -0.154. The summed E-state index contributed by atoms with van der Waals surface area (Å²) < 4.78 is 6.16. The van der Waals surface area contributed by atoms with E-state index in [-0.39, 0.29) is 30.0 Å². The average molecular weight is 454 g/mol. The molecule has 4 rings (SSSR count). The van der Waals surface area contributed by atoms with Gasteiger partial charge in [0.15, 0.2) is 0 Å². The molecule has 0 bridgehead atoms. The Morgan fingerprint density at radius 3 is 1.94 bits per heavy atom. The Hall–Kier alpha value is -3.20. The standard InChI is InChI=1S/C31H35NO2/c1-23-19-20-27(31(2,3)26-17-11-6-12-18-26)28(21-23)34-29(33)22-32-30(24-13-7-4-8-14-24)25-15-9-5-10-16-25/h4-18,23,27-28H,19-22H2,1-3H3. The van der Waals surface area contributed by atoms with Crippen LogP contribution >= 0.6 is 0 Å². The number of hydrogen-bond donors (Lipinski definition) is 0. The summed E-state index contributed by atoms with van der Waals surface area (Å²) in [5.74, 6) is 0.576. The van der Waals surface area contributed by atoms with Crippen molar-refractivity contribution in [2.45, 2.75) is 51.6 Å². The van der Waals surface area contributed by atoms with Crippen LogP contribution in [0.5, 0.6) is 0 Å². The van der Waals surface area contributed by atoms with Crippen LogP contribution in [0.3, 0.4) is 0 Å². The summed E-state index contributed by atoms with van der Waals surface area (Å²) in [6.45, 7) is 6.84. The molecule has 1 aliphatic rings. The van der Waals surface area contributed by atoms with Crippen molar-refractivity contribution in [3.8, 4) is 0 Å². The molecular weight excluding hydrogens is 418 g/mol. The molecule has 34 heavy (non-hydrogen) atoms. The largest absolute Gasteiger partial charge is 0.461 e. The smallest absolute Gasteiger partial charge is 0.327 e. The van der Waals surface area contributed by atoms with Gasteiger partial charge in [0.25, 0.3) is 0 Å². The third-order valence-corrected chi connectivity index (χ3v) is 7.24. The van der Waals surface area contributed by atoms with E-state index in [2.05, 4.69) is 51.1 Å². The molecule has 0 radical (unpaired) electrons. The van der Waals surface area contributed by atoms with Crippen molar-refractivity contribution in [1.29, 1.82) is 0 Å². The van der Waals surface area contributed by atoms with Crippen molar-refractivity contribution >= 4 is 11.7 Å². The van der Waals surface area contributed by atoms with E-state index in [9.17, 15) is 4.79 Å². The highest BCUT2D eigenvalue weighted by molar-refractivity contribution is 6.13. The minimum absolute atomic E-state index is 0.0164. The first-order valence-electron chi connectivity index (χ1n) is 12.4. The van der Waals surface area contributed by atoms with Gasteiger partial charge in [-0.3, -0.25) is 9.79 Å². The highest BCUT2D eigenvalue weighted by Crippen LogP contribution is 2.43. The van der Waals surface area contributed by atoms with Crippen LogP contribution in [0, 0.1) is 11.8 Å². The van der Waals surface area contributed by atoms with Gasteiger partial charge in [0.2, 0.25) is 0 Å². The molecule has 1 aliphatic carbocycles. The Balaban J connectivity index is 1.53. The summed E-state index contributed by atoms with van der Waals surface area (Å²) >= 11 is 0. The normalized spacial score (nSPS) is 20.4. The van der Waals surface area contributed by atoms with Gasteiger partial charge in [-0.1, -0.05) is 118 Å². The molecule has 176 valence electrons. The number of ether oxygens (including phenoxy) is 1. The van der Waals surface area contributed by atoms with E-state index in [0.717, 1.165) is 29.7 Å². The van der Waals surface area contributed by atoms with Crippen LogP contribution in [-0.2, 0) is 14.9 Å². The fourth-order valence-corrected chi connectivity index (χ4v) is 5.26. The topological polar surface area (TPSA) is 38.7 Å². The summed E-state index contributed by atoms with van der Waals surface area (Å²) in [5, 5.41) is 0. The van der Waals surface area contributed by atoms with Crippen LogP contribution in [0.15, 0.2) is 96.0 Å². The molecule has 3 aromatic carbocycles. The molecule has 1 saturated carbocycles. The third kappa shape index (κ3) is 5.64. The Morgan fingerprint density at radius 2 is 1.38 bits per heavy atom. The van der Waals surface area contributed by atoms with E-state index in [1.54, 1.807) is 0 Å². The van der Waals surface area contributed by atoms with E-state index in [4.69, 9.17) is 9.73 Å². The van der Waals surface area contributed by atoms with Gasteiger partial charge in [-0.2, -0.15) is 0 Å². The Labute approximate surface area is 203 Å². The van der Waals surface area contributed by atoms with E-state index >= 15 is 0 Å². The van der Waals surface area contributed by atoms with Crippen molar-refractivity contribution in [3.63, 3.8) is 0 Å². The number of rotatable bonds is 7. The highest BCUT2D eigenvalue weighted by atomic mass is 16.5. The van der Waals surface area contributed by atoms with Gasteiger partial charge in [-0.15, -0.1) is 0 Å². The number of carbonyl (C=O) groups excluding carboxylic acids is 1. The van der Waals surface area contributed by atoms with Crippen molar-refractivity contribution in [3.05, 3.63) is 108 Å². The lowest BCUT2D eigenvalue weighted by Crippen LogP contribution is -2.43. The van der Waals surface area contributed by atoms with Gasteiger partial charge in [-0.05, 0) is 29.7 Å². The maximum atomic E-state index is 13.1. The van der Waals surface area contributed by atoms with E-state index in [1.165, 1.54) is 12.0 Å². The number of benzene rings is 3. The molecule has 0 heterocycles. The summed E-state index contributed by atoms with van der Waals surface area (Å²) in [6, 6.07) is 30.6. The van der Waals surface area contributed by atoms with Crippen molar-refractivity contribution in [1.82, 2.24) is 0 Å². The van der Waals surface area contributed by atoms with Crippen LogP contribution in [0.1, 0.15) is 56.7 Å². The first-order valence-corrected chi connectivity index (χ1v) is 12.4. The molecule has 3 unspecified atom stereocenters. The molecule has 0 amide bonds. The zero-order chi connectivity index (χ0) is 24.0. The van der Waals surface area contributed by atoms with Crippen molar-refractivity contribution in [2.75, 3.05) is 6.54 Å². The second kappa shape index (κ2) is 10.8. The number of hydrogen-bond acceptors (Lipinski definition) is 3. The third-order valence-electron chi connectivity index (χ3n) is 7.24. The second-order valence-corrected chi connectivity index (χ2v) is 10.0. The molecule has 0 saturated heterocycles. The van der Waals surface area contributed by atoms with E-state index in [1.807, 2.05) is 60.7 Å². The number of aliphatic imine (C=N–C) groups is 1. The molecule has 0 N–H and O–H groups in total. The monoisotopic (exact) mass is 453 g/mol. The lowest BCUT2D eigenvalue weighted by Gasteiger charge is -2.43. The van der Waals surface area contributed by atoms with Crippen molar-refractivity contribution in [2.24, 2.45) is 16.8 Å². The Morgan fingerprint density at radius 1 is 0.853 bits per heavy atom. The number of esters is 1. The van der Waals surface area contributed by atoms with Crippen LogP contribution in [-0.4, -0.2) is 24.3 Å². The first-order chi connectivity index (χ1) is 16.4. The van der Waals surface area contributed by atoms with Gasteiger partial charge in [0.05, 0.1) is 5.71 Å². The number of carbonyl (C=O) groups is 1. The Kier molecular flexibility index (Phi) is 7.62. The van der Waals surface area contributed by atoms with Crippen molar-refractivity contribution < 1.29 is 9.53 Å². The maximum absolute atomic E-state index is 13.1. The quantitative estimate of drug-likeness (QED) is 0.290. The van der Waals surface area contributed by atoms with Crippen LogP contribution in [0.25, 0.3) is 0 Å². The van der Waals surface area contributed by atoms with Crippen LogP contribution in [0.2, 0.25) is 0 Å². The predicted molar refractivity (Wildman–Crippen MR) is 139 cm³/mol. The highest BCUT2D eigenvalue weighted by Gasteiger charge is 2.41. The summed E-state index contributed by atoms with van der Waals surface area (Å²) in [4.78, 5) is 17.8.